The van der Waals surface area contributed by atoms with E-state index < -0.39 is 0 Å². The Morgan fingerprint density at radius 2 is 2.32 bits per heavy atom. The molecular weight excluding hydrogens is 324 g/mol. The summed E-state index contributed by atoms with van der Waals surface area (Å²) in [5, 5.41) is 8.85. The van der Waals surface area contributed by atoms with Crippen molar-refractivity contribution in [2.45, 2.75) is 24.3 Å². The number of pyridine rings is 1. The van der Waals surface area contributed by atoms with Gasteiger partial charge in [-0.2, -0.15) is 5.26 Å². The van der Waals surface area contributed by atoms with Crippen molar-refractivity contribution >= 4 is 27.7 Å². The minimum atomic E-state index is 0.502. The van der Waals surface area contributed by atoms with Crippen LogP contribution in [0.25, 0.3) is 0 Å². The molecule has 3 nitrogen and oxygen atoms in total. The molecule has 19 heavy (non-hydrogen) atoms. The average molecular weight is 337 g/mol. The molecule has 1 aliphatic rings. The highest BCUT2D eigenvalue weighted by atomic mass is 79.9. The molecule has 1 aromatic heterocycles. The maximum Gasteiger partial charge on any atom is 0.114 e. The number of thioether (sulfide) groups is 1. The van der Waals surface area contributed by atoms with Gasteiger partial charge >= 0.3 is 0 Å². The zero-order valence-corrected chi connectivity index (χ0v) is 12.9. The number of nitriles is 1. The largest absolute Gasteiger partial charge is 0.492 e. The summed E-state index contributed by atoms with van der Waals surface area (Å²) >= 11 is 5.11. The number of aromatic nitrogens is 1. The molecule has 0 N–H and O–H groups in total. The lowest BCUT2D eigenvalue weighted by Gasteiger charge is -2.15. The van der Waals surface area contributed by atoms with E-state index >= 15 is 0 Å². The molecule has 5 heteroatoms. The first-order chi connectivity index (χ1) is 9.22. The summed E-state index contributed by atoms with van der Waals surface area (Å²) in [5.74, 6) is 0.897. The lowest BCUT2D eigenvalue weighted by atomic mass is 10.1. The highest BCUT2D eigenvalue weighted by Gasteiger charge is 2.13. The van der Waals surface area contributed by atoms with Crippen molar-refractivity contribution in [3.8, 4) is 6.07 Å². The normalized spacial score (nSPS) is 14.9. The maximum atomic E-state index is 8.85. The molecule has 0 radical (unpaired) electrons. The van der Waals surface area contributed by atoms with Gasteiger partial charge < -0.3 is 4.74 Å². The van der Waals surface area contributed by atoms with Crippen LogP contribution in [0.1, 0.15) is 18.4 Å². The van der Waals surface area contributed by atoms with E-state index in [1.807, 2.05) is 24.7 Å². The van der Waals surface area contributed by atoms with Gasteiger partial charge in [0.1, 0.15) is 12.4 Å². The van der Waals surface area contributed by atoms with Crippen LogP contribution in [-0.4, -0.2) is 11.2 Å². The standard InChI is InChI=1S/C14H13BrN2OS/c1-19-12-4-11(7-17-8-12)9-18-14-3-2-10(6-16)5-13(14)15/h4-5,7-8H,2-3,9H2,1H3. The van der Waals surface area contributed by atoms with Crippen LogP contribution in [0.2, 0.25) is 0 Å². The Kier molecular flexibility index (Phi) is 5.06. The smallest absolute Gasteiger partial charge is 0.114 e. The third-order valence-electron chi connectivity index (χ3n) is 2.75. The third kappa shape index (κ3) is 3.85. The van der Waals surface area contributed by atoms with Crippen molar-refractivity contribution in [1.82, 2.24) is 4.98 Å². The van der Waals surface area contributed by atoms with Crippen LogP contribution >= 0.6 is 27.7 Å². The van der Waals surface area contributed by atoms with Crippen molar-refractivity contribution in [2.75, 3.05) is 6.26 Å². The lowest BCUT2D eigenvalue weighted by Crippen LogP contribution is -2.01. The molecule has 0 aliphatic heterocycles. The van der Waals surface area contributed by atoms with Crippen LogP contribution in [0, 0.1) is 11.3 Å². The molecule has 1 heterocycles. The van der Waals surface area contributed by atoms with E-state index in [0.29, 0.717) is 6.61 Å². The van der Waals surface area contributed by atoms with Gasteiger partial charge in [0, 0.05) is 34.8 Å². The van der Waals surface area contributed by atoms with Gasteiger partial charge in [-0.3, -0.25) is 4.98 Å². The molecule has 0 unspecified atom stereocenters. The molecule has 1 aliphatic carbocycles. The van der Waals surface area contributed by atoms with Crippen molar-refractivity contribution < 1.29 is 4.74 Å². The highest BCUT2D eigenvalue weighted by Crippen LogP contribution is 2.29. The fourth-order valence-corrected chi connectivity index (χ4v) is 2.75. The lowest BCUT2D eigenvalue weighted by molar-refractivity contribution is 0.187. The van der Waals surface area contributed by atoms with Crippen molar-refractivity contribution in [3.63, 3.8) is 0 Å². The second-order valence-electron chi connectivity index (χ2n) is 4.07. The number of ether oxygens (including phenoxy) is 1. The Morgan fingerprint density at radius 1 is 1.47 bits per heavy atom. The SMILES string of the molecule is CSc1cncc(COC2=C(Br)C=C(C#N)CC2)c1. The Hall–Kier alpha value is -1.25. The Morgan fingerprint density at radius 3 is 3.00 bits per heavy atom. The number of halogens is 1. The van der Waals surface area contributed by atoms with E-state index in [1.54, 1.807) is 11.8 Å². The van der Waals surface area contributed by atoms with Gasteiger partial charge in [-0.15, -0.1) is 11.8 Å². The van der Waals surface area contributed by atoms with E-state index in [-0.39, 0.29) is 0 Å². The van der Waals surface area contributed by atoms with E-state index in [9.17, 15) is 0 Å². The topological polar surface area (TPSA) is 45.9 Å². The molecule has 0 bridgehead atoms. The fraction of sp³-hybridized carbons (Fsp3) is 0.286. The number of nitrogens with zero attached hydrogens (tertiary/aromatic N) is 2. The molecular formula is C14H13BrN2OS. The van der Waals surface area contributed by atoms with Crippen molar-refractivity contribution in [3.05, 3.63) is 45.9 Å². The first-order valence-electron chi connectivity index (χ1n) is 5.83. The molecule has 98 valence electrons. The molecule has 2 rings (SSSR count). The van der Waals surface area contributed by atoms with Crippen LogP contribution in [-0.2, 0) is 11.3 Å². The van der Waals surface area contributed by atoms with Gasteiger partial charge in [0.25, 0.3) is 0 Å². The van der Waals surface area contributed by atoms with Gasteiger partial charge in [-0.05, 0) is 40.7 Å². The third-order valence-corrected chi connectivity index (χ3v) is 4.12. The zero-order chi connectivity index (χ0) is 13.7. The Labute approximate surface area is 125 Å². The summed E-state index contributed by atoms with van der Waals surface area (Å²) < 4.78 is 6.67. The molecule has 0 fully saturated rings. The molecule has 0 saturated heterocycles. The molecule has 0 amide bonds. The summed E-state index contributed by atoms with van der Waals surface area (Å²) in [4.78, 5) is 5.31. The summed E-state index contributed by atoms with van der Waals surface area (Å²) in [7, 11) is 0. The predicted octanol–water partition coefficient (Wildman–Crippen LogP) is 4.17. The van der Waals surface area contributed by atoms with E-state index in [1.165, 1.54) is 0 Å². The molecule has 0 atom stereocenters. The van der Waals surface area contributed by atoms with Crippen LogP contribution < -0.4 is 0 Å². The van der Waals surface area contributed by atoms with Gasteiger partial charge in [0.2, 0.25) is 0 Å². The number of allylic oxidation sites excluding steroid dienone is 4. The predicted molar refractivity (Wildman–Crippen MR) is 79.7 cm³/mol. The molecule has 0 spiro atoms. The van der Waals surface area contributed by atoms with E-state index in [0.717, 1.165) is 39.1 Å². The van der Waals surface area contributed by atoms with Gasteiger partial charge in [0.05, 0.1) is 10.6 Å². The highest BCUT2D eigenvalue weighted by molar-refractivity contribution is 9.11. The van der Waals surface area contributed by atoms with Crippen molar-refractivity contribution in [2.24, 2.45) is 0 Å². The monoisotopic (exact) mass is 336 g/mol. The number of rotatable bonds is 4. The number of hydrogen-bond acceptors (Lipinski definition) is 4. The Balaban J connectivity index is 2.03. The van der Waals surface area contributed by atoms with Crippen molar-refractivity contribution in [1.29, 1.82) is 5.26 Å². The first-order valence-corrected chi connectivity index (χ1v) is 7.84. The summed E-state index contributed by atoms with van der Waals surface area (Å²) in [6.45, 7) is 0.502. The maximum absolute atomic E-state index is 8.85. The minimum absolute atomic E-state index is 0.502. The molecule has 0 aromatic carbocycles. The van der Waals surface area contributed by atoms with Crippen LogP contribution in [0.3, 0.4) is 0 Å². The van der Waals surface area contributed by atoms with Gasteiger partial charge in [-0.25, -0.2) is 0 Å². The van der Waals surface area contributed by atoms with Crippen LogP contribution in [0.15, 0.2) is 45.2 Å². The summed E-state index contributed by atoms with van der Waals surface area (Å²) in [6, 6.07) is 4.25. The van der Waals surface area contributed by atoms with Gasteiger partial charge in [-0.1, -0.05) is 0 Å². The second-order valence-corrected chi connectivity index (χ2v) is 5.81. The van der Waals surface area contributed by atoms with E-state index in [2.05, 4.69) is 33.0 Å². The average Bonchev–Trinajstić information content (AvgIpc) is 2.46. The van der Waals surface area contributed by atoms with Crippen LogP contribution in [0.5, 0.6) is 0 Å². The number of hydrogen-bond donors (Lipinski definition) is 0. The van der Waals surface area contributed by atoms with Crippen LogP contribution in [0.4, 0.5) is 0 Å². The Bertz CT molecular complexity index is 575. The van der Waals surface area contributed by atoms with Gasteiger partial charge in [0.15, 0.2) is 0 Å². The quantitative estimate of drug-likeness (QED) is 0.774. The fourth-order valence-electron chi connectivity index (χ4n) is 1.73. The molecule has 0 saturated carbocycles. The van der Waals surface area contributed by atoms with E-state index in [4.69, 9.17) is 10.00 Å². The first kappa shape index (κ1) is 14.2. The second kappa shape index (κ2) is 6.78. The summed E-state index contributed by atoms with van der Waals surface area (Å²) in [5.41, 5.74) is 1.83. The molecule has 1 aromatic rings. The zero-order valence-electron chi connectivity index (χ0n) is 10.5. The minimum Gasteiger partial charge on any atom is -0.492 e. The summed E-state index contributed by atoms with van der Waals surface area (Å²) in [6.07, 6.45) is 9.00.